The van der Waals surface area contributed by atoms with Gasteiger partial charge in [0.1, 0.15) is 0 Å². The van der Waals surface area contributed by atoms with Gasteiger partial charge in [-0.15, -0.1) is 0 Å². The Labute approximate surface area is 185 Å². The molecule has 3 aromatic rings. The zero-order chi connectivity index (χ0) is 21.3. The molecule has 1 heteroatoms. The summed E-state index contributed by atoms with van der Waals surface area (Å²) in [4.78, 5) is 0. The molecule has 0 saturated heterocycles. The summed E-state index contributed by atoms with van der Waals surface area (Å²) < 4.78 is 0. The zero-order valence-electron chi connectivity index (χ0n) is 18.2. The zero-order valence-corrected chi connectivity index (χ0v) is 18.2. The van der Waals surface area contributed by atoms with Crippen LogP contribution >= 0.6 is 0 Å². The maximum Gasteiger partial charge on any atom is 0.0676 e. The van der Waals surface area contributed by atoms with Crippen LogP contribution in [-0.2, 0) is 5.41 Å². The molecule has 0 unspecified atom stereocenters. The van der Waals surface area contributed by atoms with E-state index in [2.05, 4.69) is 110 Å². The first-order chi connectivity index (χ1) is 15.3. The Bertz CT molecular complexity index is 1130. The van der Waals surface area contributed by atoms with Crippen molar-refractivity contribution in [3.63, 3.8) is 0 Å². The van der Waals surface area contributed by atoms with E-state index in [-0.39, 0.29) is 5.41 Å². The Morgan fingerprint density at radius 1 is 0.806 bits per heavy atom. The summed E-state index contributed by atoms with van der Waals surface area (Å²) in [6, 6.07) is 28.9. The topological polar surface area (TPSA) is 12.0 Å². The molecule has 0 radical (unpaired) electrons. The summed E-state index contributed by atoms with van der Waals surface area (Å²) in [6.45, 7) is 7.44. The van der Waals surface area contributed by atoms with E-state index in [1.54, 1.807) is 0 Å². The third-order valence-corrected chi connectivity index (χ3v) is 6.77. The summed E-state index contributed by atoms with van der Waals surface area (Å²) in [7, 11) is 0. The molecule has 2 aliphatic rings. The largest absolute Gasteiger partial charge is 0.385 e. The van der Waals surface area contributed by atoms with E-state index in [4.69, 9.17) is 0 Å². The lowest BCUT2D eigenvalue weighted by molar-refractivity contribution is 0.679. The molecule has 1 N–H and O–H groups in total. The molecule has 0 amide bonds. The highest BCUT2D eigenvalue weighted by Gasteiger charge is 2.46. The lowest BCUT2D eigenvalue weighted by Gasteiger charge is -2.37. The van der Waals surface area contributed by atoms with Crippen molar-refractivity contribution in [1.29, 1.82) is 0 Å². The summed E-state index contributed by atoms with van der Waals surface area (Å²) in [5.41, 5.74) is 10.5. The predicted molar refractivity (Wildman–Crippen MR) is 131 cm³/mol. The van der Waals surface area contributed by atoms with E-state index >= 15 is 0 Å². The van der Waals surface area contributed by atoms with E-state index in [9.17, 15) is 0 Å². The molecule has 0 bridgehead atoms. The number of fused-ring (bicyclic) bond motifs is 3. The van der Waals surface area contributed by atoms with Crippen molar-refractivity contribution in [2.45, 2.75) is 31.6 Å². The maximum atomic E-state index is 4.28. The molecule has 1 nitrogen and oxygen atoms in total. The monoisotopic (exact) mass is 403 g/mol. The van der Waals surface area contributed by atoms with Gasteiger partial charge in [-0.2, -0.15) is 0 Å². The predicted octanol–water partition coefficient (Wildman–Crippen LogP) is 7.16. The van der Waals surface area contributed by atoms with Crippen molar-refractivity contribution in [2.24, 2.45) is 0 Å². The van der Waals surface area contributed by atoms with E-state index in [1.165, 1.54) is 39.0 Å². The van der Waals surface area contributed by atoms with Crippen LogP contribution in [0.3, 0.4) is 0 Å². The molecule has 0 spiro atoms. The van der Waals surface area contributed by atoms with Crippen LogP contribution in [0.5, 0.6) is 0 Å². The smallest absolute Gasteiger partial charge is 0.0676 e. The van der Waals surface area contributed by atoms with Crippen molar-refractivity contribution in [3.8, 4) is 11.1 Å². The molecule has 0 heterocycles. The van der Waals surface area contributed by atoms with Gasteiger partial charge in [0.05, 0.1) is 5.41 Å². The molecular formula is C30H29N. The second-order valence-corrected chi connectivity index (χ2v) is 8.50. The standard InChI is InChI=1S/C30H29N/c1-3-21-31-22(2)23-17-19-25(20-18-23)30(24-11-5-4-6-12-24)28-15-9-7-13-26(28)27-14-8-10-16-29(27)30/h4-17,19,31H,2-3,18,20-21H2,1H3. The van der Waals surface area contributed by atoms with Gasteiger partial charge < -0.3 is 5.32 Å². The molecule has 31 heavy (non-hydrogen) atoms. The summed E-state index contributed by atoms with van der Waals surface area (Å²) in [5.74, 6) is 0. The quantitative estimate of drug-likeness (QED) is 0.460. The van der Waals surface area contributed by atoms with Crippen LogP contribution in [0, 0.1) is 0 Å². The third-order valence-electron chi connectivity index (χ3n) is 6.77. The van der Waals surface area contributed by atoms with Crippen molar-refractivity contribution >= 4 is 0 Å². The molecular weight excluding hydrogens is 374 g/mol. The first-order valence-electron chi connectivity index (χ1n) is 11.3. The van der Waals surface area contributed by atoms with Crippen LogP contribution < -0.4 is 5.32 Å². The molecule has 0 saturated carbocycles. The van der Waals surface area contributed by atoms with Gasteiger partial charge in [0.15, 0.2) is 0 Å². The van der Waals surface area contributed by atoms with E-state index in [0.29, 0.717) is 0 Å². The molecule has 5 rings (SSSR count). The highest BCUT2D eigenvalue weighted by atomic mass is 14.9. The van der Waals surface area contributed by atoms with Crippen LogP contribution in [0.4, 0.5) is 0 Å². The maximum absolute atomic E-state index is 4.28. The number of hydrogen-bond donors (Lipinski definition) is 1. The number of nitrogens with one attached hydrogen (secondary N) is 1. The molecule has 0 fully saturated rings. The fourth-order valence-corrected chi connectivity index (χ4v) is 5.36. The molecule has 0 aromatic heterocycles. The Balaban J connectivity index is 1.72. The van der Waals surface area contributed by atoms with Gasteiger partial charge in [-0.1, -0.05) is 110 Å². The molecule has 0 aliphatic heterocycles. The Morgan fingerprint density at radius 2 is 1.42 bits per heavy atom. The number of rotatable bonds is 6. The minimum Gasteiger partial charge on any atom is -0.385 e. The fraction of sp³-hybridized carbons (Fsp3) is 0.200. The third kappa shape index (κ3) is 3.08. The van der Waals surface area contributed by atoms with E-state index in [0.717, 1.165) is 31.5 Å². The van der Waals surface area contributed by atoms with Gasteiger partial charge in [0.25, 0.3) is 0 Å². The van der Waals surface area contributed by atoms with Crippen molar-refractivity contribution in [3.05, 3.63) is 131 Å². The Morgan fingerprint density at radius 3 is 2.00 bits per heavy atom. The molecule has 154 valence electrons. The Kier molecular flexibility index (Phi) is 5.11. The van der Waals surface area contributed by atoms with Gasteiger partial charge >= 0.3 is 0 Å². The molecule has 2 aliphatic carbocycles. The first kappa shape index (κ1) is 19.6. The van der Waals surface area contributed by atoms with Gasteiger partial charge in [0.2, 0.25) is 0 Å². The highest BCUT2D eigenvalue weighted by Crippen LogP contribution is 2.57. The van der Waals surface area contributed by atoms with E-state index in [1.807, 2.05) is 0 Å². The van der Waals surface area contributed by atoms with Gasteiger partial charge in [-0.3, -0.25) is 0 Å². The molecule has 0 atom stereocenters. The summed E-state index contributed by atoms with van der Waals surface area (Å²) >= 11 is 0. The minimum absolute atomic E-state index is 0.241. The van der Waals surface area contributed by atoms with Crippen molar-refractivity contribution in [1.82, 2.24) is 5.32 Å². The average Bonchev–Trinajstić information content (AvgIpc) is 3.14. The Hall–Kier alpha value is -3.32. The molecule has 3 aromatic carbocycles. The van der Waals surface area contributed by atoms with Crippen molar-refractivity contribution in [2.75, 3.05) is 6.54 Å². The highest BCUT2D eigenvalue weighted by molar-refractivity contribution is 5.86. The van der Waals surface area contributed by atoms with Gasteiger partial charge in [0, 0.05) is 12.2 Å². The van der Waals surface area contributed by atoms with Crippen molar-refractivity contribution < 1.29 is 0 Å². The number of benzene rings is 3. The lowest BCUT2D eigenvalue weighted by atomic mass is 9.65. The normalized spacial score (nSPS) is 16.0. The summed E-state index contributed by atoms with van der Waals surface area (Å²) in [5, 5.41) is 3.47. The average molecular weight is 404 g/mol. The first-order valence-corrected chi connectivity index (χ1v) is 11.3. The number of allylic oxidation sites excluding steroid dienone is 4. The SMILES string of the molecule is C=C(NCCC)C1=CC=C(C2(c3ccccc3)c3ccccc3-c3ccccc32)CC1. The van der Waals surface area contributed by atoms with Crippen LogP contribution in [-0.4, -0.2) is 6.54 Å². The lowest BCUT2D eigenvalue weighted by Crippen LogP contribution is -2.30. The summed E-state index contributed by atoms with van der Waals surface area (Å²) in [6.07, 6.45) is 7.80. The van der Waals surface area contributed by atoms with Gasteiger partial charge in [-0.25, -0.2) is 0 Å². The number of hydrogen-bond acceptors (Lipinski definition) is 1. The van der Waals surface area contributed by atoms with Crippen LogP contribution in [0.25, 0.3) is 11.1 Å². The van der Waals surface area contributed by atoms with Crippen LogP contribution in [0.2, 0.25) is 0 Å². The van der Waals surface area contributed by atoms with Gasteiger partial charge in [-0.05, 0) is 52.7 Å². The second-order valence-electron chi connectivity index (χ2n) is 8.50. The second kappa shape index (κ2) is 8.07. The van der Waals surface area contributed by atoms with E-state index < -0.39 is 0 Å². The van der Waals surface area contributed by atoms with Crippen LogP contribution in [0.15, 0.2) is 114 Å². The minimum atomic E-state index is -0.241. The fourth-order valence-electron chi connectivity index (χ4n) is 5.36. The van der Waals surface area contributed by atoms with Crippen LogP contribution in [0.1, 0.15) is 42.9 Å².